The molecule has 1 heterocycles. The third kappa shape index (κ3) is 5.28. The van der Waals surface area contributed by atoms with Crippen LogP contribution >= 0.6 is 0 Å². The van der Waals surface area contributed by atoms with Crippen molar-refractivity contribution in [1.29, 1.82) is 0 Å². The van der Waals surface area contributed by atoms with Crippen LogP contribution in [0.25, 0.3) is 0 Å². The quantitative estimate of drug-likeness (QED) is 0.731. The Labute approximate surface area is 141 Å². The van der Waals surface area contributed by atoms with E-state index in [1.54, 1.807) is 23.0 Å². The Morgan fingerprint density at radius 3 is 2.62 bits per heavy atom. The first-order valence-corrected chi connectivity index (χ1v) is 8.01. The first kappa shape index (κ1) is 18.4. The van der Waals surface area contributed by atoms with Gasteiger partial charge in [-0.3, -0.25) is 9.59 Å². The molecule has 0 spiro atoms. The lowest BCUT2D eigenvalue weighted by molar-refractivity contribution is -0.136. The summed E-state index contributed by atoms with van der Waals surface area (Å²) in [7, 11) is 1.57. The minimum absolute atomic E-state index is 0.0151. The van der Waals surface area contributed by atoms with Crippen molar-refractivity contribution in [2.75, 3.05) is 53.1 Å². The molecule has 7 heteroatoms. The van der Waals surface area contributed by atoms with Crippen LogP contribution in [0.3, 0.4) is 0 Å². The lowest BCUT2D eigenvalue weighted by Gasteiger charge is -2.22. The van der Waals surface area contributed by atoms with E-state index in [4.69, 9.17) is 9.47 Å². The third-order valence-electron chi connectivity index (χ3n) is 3.86. The number of hydrogen-bond donors (Lipinski definition) is 0. The maximum Gasteiger partial charge on any atom is 0.254 e. The lowest BCUT2D eigenvalue weighted by Crippen LogP contribution is -2.39. The molecule has 0 aliphatic carbocycles. The Hall–Kier alpha value is -1.99. The summed E-state index contributed by atoms with van der Waals surface area (Å²) in [5, 5.41) is 0. The van der Waals surface area contributed by atoms with Crippen molar-refractivity contribution < 1.29 is 23.5 Å². The molecule has 1 fully saturated rings. The number of amides is 2. The average molecular weight is 338 g/mol. The van der Waals surface area contributed by atoms with Crippen LogP contribution in [-0.2, 0) is 14.3 Å². The topological polar surface area (TPSA) is 59.1 Å². The van der Waals surface area contributed by atoms with Crippen molar-refractivity contribution >= 4 is 11.8 Å². The molecule has 1 aromatic rings. The summed E-state index contributed by atoms with van der Waals surface area (Å²) in [4.78, 5) is 27.9. The number of ether oxygens (including phenoxy) is 2. The summed E-state index contributed by atoms with van der Waals surface area (Å²) in [5.74, 6) is -0.730. The van der Waals surface area contributed by atoms with Crippen molar-refractivity contribution in [3.05, 3.63) is 35.6 Å². The standard InChI is InChI=1S/C17H23FN2O4/c1-23-10-11-24-13-16(21)19-6-3-7-20(9-8-19)17(22)14-4-2-5-15(18)12-14/h2,4-5,12H,3,6-11,13H2,1H3. The zero-order chi connectivity index (χ0) is 17.4. The van der Waals surface area contributed by atoms with E-state index in [0.29, 0.717) is 51.4 Å². The predicted octanol–water partition coefficient (Wildman–Crippen LogP) is 1.16. The third-order valence-corrected chi connectivity index (χ3v) is 3.86. The predicted molar refractivity (Wildman–Crippen MR) is 86.2 cm³/mol. The highest BCUT2D eigenvalue weighted by Crippen LogP contribution is 2.11. The van der Waals surface area contributed by atoms with E-state index < -0.39 is 5.82 Å². The van der Waals surface area contributed by atoms with Gasteiger partial charge < -0.3 is 19.3 Å². The second-order valence-electron chi connectivity index (χ2n) is 5.58. The number of halogens is 1. The van der Waals surface area contributed by atoms with Crippen LogP contribution in [0.5, 0.6) is 0 Å². The molecule has 0 unspecified atom stereocenters. The fourth-order valence-electron chi connectivity index (χ4n) is 2.57. The minimum Gasteiger partial charge on any atom is -0.382 e. The Morgan fingerprint density at radius 1 is 1.12 bits per heavy atom. The van der Waals surface area contributed by atoms with Gasteiger partial charge in [0.05, 0.1) is 13.2 Å². The zero-order valence-corrected chi connectivity index (χ0v) is 13.9. The van der Waals surface area contributed by atoms with Crippen LogP contribution in [0.1, 0.15) is 16.8 Å². The molecule has 1 aliphatic rings. The number of carbonyl (C=O) groups excluding carboxylic acids is 2. The van der Waals surface area contributed by atoms with Crippen molar-refractivity contribution in [3.63, 3.8) is 0 Å². The normalized spacial score (nSPS) is 15.2. The number of nitrogens with zero attached hydrogens (tertiary/aromatic N) is 2. The summed E-state index contributed by atoms with van der Waals surface area (Å²) >= 11 is 0. The van der Waals surface area contributed by atoms with E-state index in [0.717, 1.165) is 0 Å². The number of rotatable bonds is 6. The van der Waals surface area contributed by atoms with Gasteiger partial charge in [-0.25, -0.2) is 4.39 Å². The summed E-state index contributed by atoms with van der Waals surface area (Å²) < 4.78 is 23.4. The second kappa shape index (κ2) is 9.34. The maximum absolute atomic E-state index is 13.3. The van der Waals surface area contributed by atoms with Gasteiger partial charge in [0.15, 0.2) is 0 Å². The first-order chi connectivity index (χ1) is 11.6. The van der Waals surface area contributed by atoms with Crippen LogP contribution in [-0.4, -0.2) is 74.7 Å². The van der Waals surface area contributed by atoms with Crippen molar-refractivity contribution in [2.24, 2.45) is 0 Å². The summed E-state index contributed by atoms with van der Waals surface area (Å²) in [6, 6.07) is 5.67. The van der Waals surface area contributed by atoms with E-state index in [1.807, 2.05) is 0 Å². The summed E-state index contributed by atoms with van der Waals surface area (Å²) in [6.07, 6.45) is 0.685. The summed E-state index contributed by atoms with van der Waals surface area (Å²) in [5.41, 5.74) is 0.331. The number of methoxy groups -OCH3 is 1. The Balaban J connectivity index is 1.85. The Bertz CT molecular complexity index is 567. The van der Waals surface area contributed by atoms with Gasteiger partial charge >= 0.3 is 0 Å². The van der Waals surface area contributed by atoms with Gasteiger partial charge in [-0.05, 0) is 24.6 Å². The van der Waals surface area contributed by atoms with E-state index in [1.165, 1.54) is 18.2 Å². The van der Waals surface area contributed by atoms with Crippen LogP contribution in [0.15, 0.2) is 24.3 Å². The molecular weight excluding hydrogens is 315 g/mol. The van der Waals surface area contributed by atoms with Crippen molar-refractivity contribution in [3.8, 4) is 0 Å². The molecule has 1 aliphatic heterocycles. The Kier molecular flexibility index (Phi) is 7.14. The number of benzene rings is 1. The zero-order valence-electron chi connectivity index (χ0n) is 13.9. The molecule has 6 nitrogen and oxygen atoms in total. The first-order valence-electron chi connectivity index (χ1n) is 8.01. The van der Waals surface area contributed by atoms with Crippen LogP contribution < -0.4 is 0 Å². The van der Waals surface area contributed by atoms with E-state index in [9.17, 15) is 14.0 Å². The fourth-order valence-corrected chi connectivity index (χ4v) is 2.57. The number of hydrogen-bond acceptors (Lipinski definition) is 4. The molecule has 0 saturated carbocycles. The van der Waals surface area contributed by atoms with Gasteiger partial charge in [0.2, 0.25) is 5.91 Å². The van der Waals surface area contributed by atoms with E-state index >= 15 is 0 Å². The van der Waals surface area contributed by atoms with Crippen molar-refractivity contribution in [1.82, 2.24) is 9.80 Å². The monoisotopic (exact) mass is 338 g/mol. The number of carbonyl (C=O) groups is 2. The van der Waals surface area contributed by atoms with E-state index in [2.05, 4.69) is 0 Å². The van der Waals surface area contributed by atoms with Gasteiger partial charge in [0.1, 0.15) is 12.4 Å². The molecule has 1 saturated heterocycles. The van der Waals surface area contributed by atoms with Crippen molar-refractivity contribution in [2.45, 2.75) is 6.42 Å². The van der Waals surface area contributed by atoms with E-state index in [-0.39, 0.29) is 18.4 Å². The molecule has 24 heavy (non-hydrogen) atoms. The fraction of sp³-hybridized carbons (Fsp3) is 0.529. The molecule has 0 N–H and O–H groups in total. The molecule has 0 atom stereocenters. The van der Waals surface area contributed by atoms with Crippen LogP contribution in [0.2, 0.25) is 0 Å². The van der Waals surface area contributed by atoms with Crippen LogP contribution in [0.4, 0.5) is 4.39 Å². The SMILES string of the molecule is COCCOCC(=O)N1CCCN(C(=O)c2cccc(F)c2)CC1. The average Bonchev–Trinajstić information content (AvgIpc) is 2.84. The molecule has 132 valence electrons. The second-order valence-corrected chi connectivity index (χ2v) is 5.58. The minimum atomic E-state index is -0.430. The Morgan fingerprint density at radius 2 is 1.88 bits per heavy atom. The summed E-state index contributed by atoms with van der Waals surface area (Å²) in [6.45, 7) is 2.85. The van der Waals surface area contributed by atoms with Gasteiger partial charge in [0.25, 0.3) is 5.91 Å². The van der Waals surface area contributed by atoms with Gasteiger partial charge in [0, 0.05) is 38.9 Å². The molecule has 0 bridgehead atoms. The maximum atomic E-state index is 13.3. The largest absolute Gasteiger partial charge is 0.382 e. The molecule has 1 aromatic carbocycles. The van der Waals surface area contributed by atoms with Gasteiger partial charge in [-0.15, -0.1) is 0 Å². The highest BCUT2D eigenvalue weighted by atomic mass is 19.1. The lowest BCUT2D eigenvalue weighted by atomic mass is 10.2. The molecular formula is C17H23FN2O4. The van der Waals surface area contributed by atoms with Gasteiger partial charge in [-0.1, -0.05) is 6.07 Å². The molecule has 2 rings (SSSR count). The molecule has 0 radical (unpaired) electrons. The highest BCUT2D eigenvalue weighted by Gasteiger charge is 2.23. The van der Waals surface area contributed by atoms with Crippen LogP contribution in [0, 0.1) is 5.82 Å². The molecule has 0 aromatic heterocycles. The van der Waals surface area contributed by atoms with Gasteiger partial charge in [-0.2, -0.15) is 0 Å². The highest BCUT2D eigenvalue weighted by molar-refractivity contribution is 5.94. The smallest absolute Gasteiger partial charge is 0.254 e. The molecule has 2 amide bonds.